The molecule has 1 aromatic carbocycles. The molecule has 3 rings (SSSR count). The lowest BCUT2D eigenvalue weighted by Gasteiger charge is -2.37. The molecule has 0 radical (unpaired) electrons. The molecule has 18 heavy (non-hydrogen) atoms. The van der Waals surface area contributed by atoms with Crippen molar-refractivity contribution in [3.63, 3.8) is 0 Å². The van der Waals surface area contributed by atoms with Gasteiger partial charge in [0, 0.05) is 18.7 Å². The number of nitrogen functional groups attached to an aromatic ring is 1. The van der Waals surface area contributed by atoms with Gasteiger partial charge >= 0.3 is 0 Å². The molecule has 5 heteroatoms. The summed E-state index contributed by atoms with van der Waals surface area (Å²) in [6.07, 6.45) is -0.485. The number of carbonyl (C=O) groups is 1. The van der Waals surface area contributed by atoms with Gasteiger partial charge in [0.2, 0.25) is 6.10 Å². The molecular formula is C13H16N2O3. The predicted molar refractivity (Wildman–Crippen MR) is 66.4 cm³/mol. The molecule has 1 fully saturated rings. The van der Waals surface area contributed by atoms with Crippen LogP contribution in [-0.4, -0.2) is 37.1 Å². The highest BCUT2D eigenvalue weighted by Gasteiger charge is 2.40. The van der Waals surface area contributed by atoms with Gasteiger partial charge in [-0.15, -0.1) is 0 Å². The molecule has 0 bridgehead atoms. The summed E-state index contributed by atoms with van der Waals surface area (Å²) in [6, 6.07) is 3.74. The Morgan fingerprint density at radius 3 is 2.83 bits per heavy atom. The Morgan fingerprint density at radius 2 is 2.11 bits per heavy atom. The first-order valence-electron chi connectivity index (χ1n) is 6.10. The van der Waals surface area contributed by atoms with Gasteiger partial charge in [-0.05, 0) is 18.6 Å². The van der Waals surface area contributed by atoms with E-state index in [-0.39, 0.29) is 5.91 Å². The lowest BCUT2D eigenvalue weighted by Crippen LogP contribution is -2.46. The van der Waals surface area contributed by atoms with E-state index in [1.807, 2.05) is 19.1 Å². The van der Waals surface area contributed by atoms with E-state index in [0.29, 0.717) is 37.7 Å². The van der Waals surface area contributed by atoms with E-state index in [2.05, 4.69) is 0 Å². The van der Waals surface area contributed by atoms with E-state index in [1.54, 1.807) is 4.90 Å². The van der Waals surface area contributed by atoms with Gasteiger partial charge in [-0.1, -0.05) is 6.07 Å². The van der Waals surface area contributed by atoms with Gasteiger partial charge in [-0.25, -0.2) is 0 Å². The summed E-state index contributed by atoms with van der Waals surface area (Å²) in [5.74, 6) is 0.682. The third-order valence-corrected chi connectivity index (χ3v) is 3.49. The number of nitrogens with two attached hydrogens (primary N) is 1. The molecule has 0 saturated carbocycles. The fourth-order valence-corrected chi connectivity index (χ4v) is 2.41. The number of anilines is 1. The van der Waals surface area contributed by atoms with Gasteiger partial charge in [-0.3, -0.25) is 4.79 Å². The van der Waals surface area contributed by atoms with E-state index in [1.165, 1.54) is 0 Å². The quantitative estimate of drug-likeness (QED) is 0.749. The van der Waals surface area contributed by atoms with Gasteiger partial charge in [0.25, 0.3) is 5.91 Å². The van der Waals surface area contributed by atoms with Crippen LogP contribution < -0.4 is 10.5 Å². The Kier molecular flexibility index (Phi) is 2.63. The normalized spacial score (nSPS) is 21.8. The second kappa shape index (κ2) is 4.17. The van der Waals surface area contributed by atoms with Gasteiger partial charge in [0.15, 0.2) is 5.75 Å². The van der Waals surface area contributed by atoms with Crippen LogP contribution in [0.3, 0.4) is 0 Å². The fourth-order valence-electron chi connectivity index (χ4n) is 2.41. The second-order valence-corrected chi connectivity index (χ2v) is 4.65. The first kappa shape index (κ1) is 11.3. The molecule has 1 atom stereocenters. The zero-order valence-corrected chi connectivity index (χ0v) is 10.3. The summed E-state index contributed by atoms with van der Waals surface area (Å²) >= 11 is 0. The lowest BCUT2D eigenvalue weighted by molar-refractivity contribution is -0.145. The van der Waals surface area contributed by atoms with Crippen LogP contribution >= 0.6 is 0 Å². The van der Waals surface area contributed by atoms with Crippen molar-refractivity contribution in [3.8, 4) is 5.75 Å². The smallest absolute Gasteiger partial charge is 0.268 e. The second-order valence-electron chi connectivity index (χ2n) is 4.65. The van der Waals surface area contributed by atoms with Crippen LogP contribution in [0.4, 0.5) is 5.69 Å². The number of nitrogens with zero attached hydrogens (tertiary/aromatic N) is 1. The first-order valence-corrected chi connectivity index (χ1v) is 6.10. The molecule has 1 aromatic rings. The van der Waals surface area contributed by atoms with Crippen molar-refractivity contribution in [2.24, 2.45) is 0 Å². The monoisotopic (exact) mass is 248 g/mol. The summed E-state index contributed by atoms with van der Waals surface area (Å²) in [7, 11) is 0. The van der Waals surface area contributed by atoms with Crippen LogP contribution in [0, 0.1) is 6.92 Å². The Morgan fingerprint density at radius 1 is 1.39 bits per heavy atom. The molecule has 2 N–H and O–H groups in total. The summed E-state index contributed by atoms with van der Waals surface area (Å²) < 4.78 is 10.8. The number of morpholine rings is 1. The molecule has 0 aromatic heterocycles. The topological polar surface area (TPSA) is 64.8 Å². The van der Waals surface area contributed by atoms with Crippen LogP contribution in [0.5, 0.6) is 5.75 Å². The molecule has 5 nitrogen and oxygen atoms in total. The summed E-state index contributed by atoms with van der Waals surface area (Å²) in [6.45, 7) is 4.44. The zero-order chi connectivity index (χ0) is 12.7. The molecule has 2 aliphatic rings. The Balaban J connectivity index is 1.83. The third kappa shape index (κ3) is 1.62. The summed E-state index contributed by atoms with van der Waals surface area (Å²) in [5.41, 5.74) is 8.40. The minimum Gasteiger partial charge on any atom is -0.473 e. The van der Waals surface area contributed by atoms with Crippen LogP contribution in [-0.2, 0) is 9.53 Å². The van der Waals surface area contributed by atoms with Gasteiger partial charge < -0.3 is 20.1 Å². The number of amides is 1. The number of hydrogen-bond acceptors (Lipinski definition) is 4. The summed E-state index contributed by atoms with van der Waals surface area (Å²) in [4.78, 5) is 14.1. The molecule has 1 amide bonds. The van der Waals surface area contributed by atoms with Crippen LogP contribution in [0.25, 0.3) is 0 Å². The molecule has 1 saturated heterocycles. The van der Waals surface area contributed by atoms with Crippen molar-refractivity contribution < 1.29 is 14.3 Å². The number of aryl methyl sites for hydroxylation is 1. The SMILES string of the molecule is Cc1ccc(N)c2c1C(C(=O)N1CCOCC1)O2. The van der Waals surface area contributed by atoms with Crippen molar-refractivity contribution in [2.75, 3.05) is 32.0 Å². The lowest BCUT2D eigenvalue weighted by atomic mass is 9.95. The maximum absolute atomic E-state index is 12.3. The number of fused-ring (bicyclic) bond motifs is 1. The maximum atomic E-state index is 12.3. The molecule has 96 valence electrons. The minimum atomic E-state index is -0.485. The van der Waals surface area contributed by atoms with Crippen molar-refractivity contribution in [3.05, 3.63) is 23.3 Å². The highest BCUT2D eigenvalue weighted by Crippen LogP contribution is 2.46. The predicted octanol–water partition coefficient (Wildman–Crippen LogP) is 0.870. The number of rotatable bonds is 1. The van der Waals surface area contributed by atoms with Crippen molar-refractivity contribution >= 4 is 11.6 Å². The number of benzene rings is 1. The Hall–Kier alpha value is -1.75. The zero-order valence-electron chi connectivity index (χ0n) is 10.3. The van der Waals surface area contributed by atoms with Gasteiger partial charge in [0.05, 0.1) is 18.9 Å². The van der Waals surface area contributed by atoms with E-state index in [0.717, 1.165) is 11.1 Å². The number of ether oxygens (including phenoxy) is 2. The summed E-state index contributed by atoms with van der Waals surface area (Å²) in [5, 5.41) is 0. The van der Waals surface area contributed by atoms with Crippen LogP contribution in [0.15, 0.2) is 12.1 Å². The largest absolute Gasteiger partial charge is 0.473 e. The fraction of sp³-hybridized carbons (Fsp3) is 0.462. The molecule has 2 aliphatic heterocycles. The van der Waals surface area contributed by atoms with E-state index in [9.17, 15) is 4.79 Å². The van der Waals surface area contributed by atoms with Gasteiger partial charge in [-0.2, -0.15) is 0 Å². The average Bonchev–Trinajstić information content (AvgIpc) is 2.35. The van der Waals surface area contributed by atoms with E-state index >= 15 is 0 Å². The molecule has 1 unspecified atom stereocenters. The molecule has 2 heterocycles. The third-order valence-electron chi connectivity index (χ3n) is 3.49. The number of hydrogen-bond donors (Lipinski definition) is 1. The molecule has 0 spiro atoms. The molecule has 0 aliphatic carbocycles. The Bertz CT molecular complexity index is 495. The standard InChI is InChI=1S/C13H16N2O3/c1-8-2-3-9(14)11-10(8)12(18-11)13(16)15-4-6-17-7-5-15/h2-3,12H,4-7,14H2,1H3. The maximum Gasteiger partial charge on any atom is 0.268 e. The van der Waals surface area contributed by atoms with E-state index in [4.69, 9.17) is 15.2 Å². The van der Waals surface area contributed by atoms with E-state index < -0.39 is 6.10 Å². The minimum absolute atomic E-state index is 0.0134. The Labute approximate surface area is 105 Å². The van der Waals surface area contributed by atoms with Crippen molar-refractivity contribution in [2.45, 2.75) is 13.0 Å². The number of carbonyl (C=O) groups excluding carboxylic acids is 1. The first-order chi connectivity index (χ1) is 8.68. The highest BCUT2D eigenvalue weighted by atomic mass is 16.5. The average molecular weight is 248 g/mol. The van der Waals surface area contributed by atoms with Crippen LogP contribution in [0.1, 0.15) is 17.2 Å². The van der Waals surface area contributed by atoms with Crippen LogP contribution in [0.2, 0.25) is 0 Å². The highest BCUT2D eigenvalue weighted by molar-refractivity contribution is 5.88. The van der Waals surface area contributed by atoms with Crippen molar-refractivity contribution in [1.29, 1.82) is 0 Å². The van der Waals surface area contributed by atoms with Crippen molar-refractivity contribution in [1.82, 2.24) is 4.90 Å². The van der Waals surface area contributed by atoms with Gasteiger partial charge in [0.1, 0.15) is 0 Å². The molecular weight excluding hydrogens is 232 g/mol.